The van der Waals surface area contributed by atoms with Crippen molar-refractivity contribution in [1.29, 1.82) is 0 Å². The molecule has 5 nitrogen and oxygen atoms in total. The van der Waals surface area contributed by atoms with Gasteiger partial charge in [0.05, 0.1) is 39.4 Å². The summed E-state index contributed by atoms with van der Waals surface area (Å²) in [6.07, 6.45) is 24.7. The molecule has 0 rings (SSSR count). The Bertz CT molecular complexity index is 636. The van der Waals surface area contributed by atoms with Crippen LogP contribution in [0.4, 0.5) is 0 Å². The monoisotopic (exact) mass is 594 g/mol. The molecule has 0 heterocycles. The van der Waals surface area contributed by atoms with E-state index < -0.39 is 0 Å². The van der Waals surface area contributed by atoms with E-state index in [0.717, 1.165) is 24.2 Å². The second kappa shape index (κ2) is 71.3. The second-order valence-electron chi connectivity index (χ2n) is 6.48. The summed E-state index contributed by atoms with van der Waals surface area (Å²) in [5, 5.41) is 0. The summed E-state index contributed by atoms with van der Waals surface area (Å²) in [5.74, 6) is 0.803. The van der Waals surface area contributed by atoms with E-state index >= 15 is 0 Å². The maximum Gasteiger partial charge on any atom is 0.123 e. The van der Waals surface area contributed by atoms with Crippen LogP contribution < -0.4 is 0 Å². The van der Waals surface area contributed by atoms with E-state index in [1.54, 1.807) is 39.0 Å². The van der Waals surface area contributed by atoms with Crippen molar-refractivity contribution in [1.82, 2.24) is 0 Å². The predicted molar refractivity (Wildman–Crippen MR) is 195 cm³/mol. The Hall–Kier alpha value is -3.05. The van der Waals surface area contributed by atoms with Crippen LogP contribution in [0, 0.1) is 0 Å². The van der Waals surface area contributed by atoms with E-state index in [2.05, 4.69) is 38.6 Å². The third kappa shape index (κ3) is 70.9. The molecule has 5 heteroatoms. The van der Waals surface area contributed by atoms with Crippen LogP contribution in [0.3, 0.4) is 0 Å². The SMILES string of the molecule is C=CCC=C.C=CCN=CCOC(/C=C\C)=C/CCO/C=C/C=C(\C=C\OC)COC.CC.CC.CC.CC.CCC. The Morgan fingerprint density at radius 2 is 1.38 bits per heavy atom. The van der Waals surface area contributed by atoms with Gasteiger partial charge in [-0.05, 0) is 43.2 Å². The number of ether oxygens (including phenoxy) is 4. The summed E-state index contributed by atoms with van der Waals surface area (Å²) >= 11 is 0. The lowest BCUT2D eigenvalue weighted by molar-refractivity contribution is 0.227. The molecular formula is C37H71NO4. The Balaban J connectivity index is -0.000000128. The number of nitrogens with zero attached hydrogens (tertiary/aromatic N) is 1. The van der Waals surface area contributed by atoms with Crippen LogP contribution in [-0.4, -0.2) is 46.8 Å². The average molecular weight is 594 g/mol. The fraction of sp³-hybridized carbons (Fsp3) is 0.541. The van der Waals surface area contributed by atoms with E-state index in [-0.39, 0.29) is 0 Å². The molecule has 0 bridgehead atoms. The summed E-state index contributed by atoms with van der Waals surface area (Å²) in [6, 6.07) is 0. The Kier molecular flexibility index (Phi) is 93.3. The first kappa shape index (κ1) is 55.0. The molecule has 0 aliphatic heterocycles. The highest BCUT2D eigenvalue weighted by Crippen LogP contribution is 2.02. The molecule has 0 saturated carbocycles. The van der Waals surface area contributed by atoms with E-state index in [9.17, 15) is 0 Å². The quantitative estimate of drug-likeness (QED) is 0.0553. The molecule has 0 atom stereocenters. The fourth-order valence-electron chi connectivity index (χ4n) is 1.82. The lowest BCUT2D eigenvalue weighted by Gasteiger charge is -2.04. The molecule has 248 valence electrons. The lowest BCUT2D eigenvalue weighted by Crippen LogP contribution is -1.96. The lowest BCUT2D eigenvalue weighted by atomic mass is 10.2. The van der Waals surface area contributed by atoms with Crippen molar-refractivity contribution in [3.05, 3.63) is 98.3 Å². The molecule has 0 saturated heterocycles. The molecule has 0 amide bonds. The van der Waals surface area contributed by atoms with Gasteiger partial charge in [-0.25, -0.2) is 0 Å². The van der Waals surface area contributed by atoms with E-state index in [1.165, 1.54) is 6.42 Å². The van der Waals surface area contributed by atoms with Gasteiger partial charge in [0.2, 0.25) is 0 Å². The topological polar surface area (TPSA) is 49.3 Å². The third-order valence-corrected chi connectivity index (χ3v) is 3.15. The predicted octanol–water partition coefficient (Wildman–Crippen LogP) is 11.6. The number of rotatable bonds is 17. The van der Waals surface area contributed by atoms with Gasteiger partial charge in [-0.1, -0.05) is 106 Å². The molecule has 0 aliphatic carbocycles. The molecule has 0 spiro atoms. The van der Waals surface area contributed by atoms with Crippen LogP contribution in [0.15, 0.2) is 103 Å². The van der Waals surface area contributed by atoms with Gasteiger partial charge in [0.15, 0.2) is 0 Å². The van der Waals surface area contributed by atoms with Gasteiger partial charge in [0.25, 0.3) is 0 Å². The second-order valence-corrected chi connectivity index (χ2v) is 6.48. The highest BCUT2D eigenvalue weighted by molar-refractivity contribution is 5.58. The van der Waals surface area contributed by atoms with Crippen LogP contribution in [-0.2, 0) is 18.9 Å². The number of methoxy groups -OCH3 is 2. The zero-order valence-electron chi connectivity index (χ0n) is 30.1. The number of allylic oxidation sites excluding steroid dienone is 6. The van der Waals surface area contributed by atoms with Crippen LogP contribution in [0.25, 0.3) is 0 Å². The summed E-state index contributed by atoms with van der Waals surface area (Å²) in [7, 11) is 3.25. The number of aliphatic imine (C=N–C) groups is 1. The largest absolute Gasteiger partial charge is 0.504 e. The average Bonchev–Trinajstić information content (AvgIpc) is 3.04. The minimum Gasteiger partial charge on any atom is -0.504 e. The smallest absolute Gasteiger partial charge is 0.123 e. The highest BCUT2D eigenvalue weighted by Gasteiger charge is 1.92. The van der Waals surface area contributed by atoms with Gasteiger partial charge in [0.1, 0.15) is 12.4 Å². The van der Waals surface area contributed by atoms with Gasteiger partial charge < -0.3 is 18.9 Å². The van der Waals surface area contributed by atoms with Crippen LogP contribution in [0.2, 0.25) is 0 Å². The summed E-state index contributed by atoms with van der Waals surface area (Å²) in [4.78, 5) is 4.12. The molecule has 0 aromatic rings. The highest BCUT2D eigenvalue weighted by atomic mass is 16.5. The third-order valence-electron chi connectivity index (χ3n) is 3.15. The van der Waals surface area contributed by atoms with Crippen LogP contribution in [0.1, 0.15) is 95.4 Å². The van der Waals surface area contributed by atoms with Crippen molar-refractivity contribution >= 4 is 6.21 Å². The van der Waals surface area contributed by atoms with E-state index in [1.807, 2.05) is 111 Å². The van der Waals surface area contributed by atoms with Gasteiger partial charge in [-0.2, -0.15) is 0 Å². The normalized spacial score (nSPS) is 10.0. The van der Waals surface area contributed by atoms with E-state index in [4.69, 9.17) is 18.9 Å². The molecule has 0 aromatic carbocycles. The number of hydrogen-bond donors (Lipinski definition) is 0. The van der Waals surface area contributed by atoms with Crippen molar-refractivity contribution in [2.24, 2.45) is 4.99 Å². The molecule has 0 aromatic heterocycles. The van der Waals surface area contributed by atoms with E-state index in [0.29, 0.717) is 26.4 Å². The Labute approximate surface area is 264 Å². The zero-order valence-corrected chi connectivity index (χ0v) is 30.1. The maximum absolute atomic E-state index is 5.63. The molecule has 0 N–H and O–H groups in total. The standard InChI is InChI=1S/C21H31NO4.C5H8.C3H8.4C2H6/c1-5-9-21(26-18-14-22-13-6-2)11-8-16-25-15-7-10-20(19-24-4)12-17-23-3;1-3-5-4-2;1-3-2;4*1-2/h5-7,9-12,14-15,17H,2,8,13,16,18-19H2,1,3-4H3;3-4H,1-2,5H2;3H2,1-2H3;4*1-2H3/b9-5-,15-7+,17-12+,20-10+,21-11+,22-14?;;;;;;. The van der Waals surface area contributed by atoms with Gasteiger partial charge in [-0.3, -0.25) is 4.99 Å². The van der Waals surface area contributed by atoms with Gasteiger partial charge in [0, 0.05) is 19.7 Å². The molecule has 0 fully saturated rings. The molecule has 0 aliphatic rings. The Morgan fingerprint density at radius 3 is 1.81 bits per heavy atom. The first-order valence-corrected chi connectivity index (χ1v) is 15.5. The first-order chi connectivity index (χ1) is 20.6. The van der Waals surface area contributed by atoms with Crippen molar-refractivity contribution in [3.8, 4) is 0 Å². The Morgan fingerprint density at radius 1 is 0.810 bits per heavy atom. The minimum atomic E-state index is 0.437. The van der Waals surface area contributed by atoms with Crippen LogP contribution in [0.5, 0.6) is 0 Å². The fourth-order valence-corrected chi connectivity index (χ4v) is 1.82. The molecule has 42 heavy (non-hydrogen) atoms. The summed E-state index contributed by atoms with van der Waals surface area (Å²) < 4.78 is 21.1. The van der Waals surface area contributed by atoms with Crippen molar-refractivity contribution in [3.63, 3.8) is 0 Å². The minimum absolute atomic E-state index is 0.437. The zero-order chi connectivity index (χ0) is 34.1. The molecule has 0 radical (unpaired) electrons. The first-order valence-electron chi connectivity index (χ1n) is 15.5. The van der Waals surface area contributed by atoms with Gasteiger partial charge >= 0.3 is 0 Å². The molecular weight excluding hydrogens is 522 g/mol. The van der Waals surface area contributed by atoms with Crippen molar-refractivity contribution in [2.45, 2.75) is 95.4 Å². The summed E-state index contributed by atoms with van der Waals surface area (Å²) in [5.41, 5.74) is 0.982. The summed E-state index contributed by atoms with van der Waals surface area (Å²) in [6.45, 7) is 34.9. The van der Waals surface area contributed by atoms with Gasteiger partial charge in [-0.15, -0.1) is 19.7 Å². The number of hydrogen-bond acceptors (Lipinski definition) is 5. The van der Waals surface area contributed by atoms with Crippen LogP contribution >= 0.6 is 0 Å². The maximum atomic E-state index is 5.63. The molecule has 0 unspecified atom stereocenters. The van der Waals surface area contributed by atoms with Crippen molar-refractivity contribution in [2.75, 3.05) is 40.6 Å². The van der Waals surface area contributed by atoms with Crippen molar-refractivity contribution < 1.29 is 18.9 Å².